The van der Waals surface area contributed by atoms with Crippen molar-refractivity contribution in [2.24, 2.45) is 4.99 Å². The number of aromatic nitrogens is 2. The van der Waals surface area contributed by atoms with E-state index in [2.05, 4.69) is 27.1 Å². The van der Waals surface area contributed by atoms with E-state index in [4.69, 9.17) is 13.7 Å². The van der Waals surface area contributed by atoms with E-state index < -0.39 is 25.9 Å². The van der Waals surface area contributed by atoms with Crippen molar-refractivity contribution in [2.75, 3.05) is 0 Å². The quantitative estimate of drug-likeness (QED) is 0.210. The summed E-state index contributed by atoms with van der Waals surface area (Å²) in [6, 6.07) is 20.8. The van der Waals surface area contributed by atoms with Gasteiger partial charge in [-0.15, -0.1) is 59.7 Å². The Morgan fingerprint density at radius 1 is 0.971 bits per heavy atom. The zero-order valence-electron chi connectivity index (χ0n) is 27.8. The summed E-state index contributed by atoms with van der Waals surface area (Å²) >= 11 is 1.14. The van der Waals surface area contributed by atoms with Crippen LogP contribution in [0.1, 0.15) is 44.7 Å². The molecule has 1 aliphatic rings. The molecule has 0 saturated heterocycles. The van der Waals surface area contributed by atoms with E-state index in [1.807, 2.05) is 24.3 Å². The summed E-state index contributed by atoms with van der Waals surface area (Å²) in [5.74, 6) is 0. The third-order valence-electron chi connectivity index (χ3n) is 4.54. The molecule has 1 aliphatic heterocycles. The van der Waals surface area contributed by atoms with Crippen molar-refractivity contribution < 1.29 is 33.8 Å². The molecule has 173 valence electrons. The summed E-state index contributed by atoms with van der Waals surface area (Å²) < 4.78 is 75.6. The number of rotatable bonds is 2. The van der Waals surface area contributed by atoms with Crippen molar-refractivity contribution in [1.82, 2.24) is 9.97 Å². The molecule has 5 heteroatoms. The second-order valence-electron chi connectivity index (χ2n) is 6.86. The molecule has 0 unspecified atom stereocenters. The third kappa shape index (κ3) is 7.26. The van der Waals surface area contributed by atoms with E-state index in [-0.39, 0.29) is 43.6 Å². The minimum atomic E-state index is -2.32. The van der Waals surface area contributed by atoms with Crippen LogP contribution in [0.2, 0.25) is 0 Å². The molecule has 1 radical (unpaired) electrons. The molecule has 4 heterocycles. The molecule has 0 atom stereocenters. The molecular weight excluding hydrogens is 615 g/mol. The van der Waals surface area contributed by atoms with Crippen LogP contribution in [-0.4, -0.2) is 15.7 Å². The van der Waals surface area contributed by atoms with Crippen LogP contribution >= 0.6 is 11.3 Å². The Balaban J connectivity index is 0.000000266. The Bertz CT molecular complexity index is 1750. The van der Waals surface area contributed by atoms with Gasteiger partial charge in [-0.05, 0) is 50.1 Å². The van der Waals surface area contributed by atoms with Gasteiger partial charge in [-0.2, -0.15) is 11.3 Å². The van der Waals surface area contributed by atoms with E-state index in [1.54, 1.807) is 29.6 Å². The second kappa shape index (κ2) is 13.0. The van der Waals surface area contributed by atoms with E-state index in [9.17, 15) is 0 Å². The van der Waals surface area contributed by atoms with Crippen molar-refractivity contribution in [3.8, 4) is 11.3 Å². The second-order valence-corrected chi connectivity index (χ2v) is 7.72. The molecule has 0 N–H and O–H groups in total. The number of aryl methyl sites for hydroxylation is 1. The number of fused-ring (bicyclic) bond motifs is 1. The van der Waals surface area contributed by atoms with E-state index in [0.717, 1.165) is 28.0 Å². The summed E-state index contributed by atoms with van der Waals surface area (Å²) in [5, 5.41) is 2.33. The Labute approximate surface area is 233 Å². The number of nitrogens with zero attached hydrogens (tertiary/aromatic N) is 3. The summed E-state index contributed by atoms with van der Waals surface area (Å²) in [6.07, 6.45) is 2.31. The van der Waals surface area contributed by atoms with Gasteiger partial charge >= 0.3 is 0 Å². The summed E-state index contributed by atoms with van der Waals surface area (Å²) in [6.45, 7) is -4.33. The monoisotopic (exact) mass is 650 g/mol. The number of allylic oxidation sites excluding steroid dienone is 1. The standard InChI is InChI=1S/C17H13N2S.C12H12N.Ir/c1-13-9-10-14-6-2-3-7-15(12-20-17(14)19-13)16-8-4-5-11-18-16;1-10-7-8-12(13-9-10)11-5-3-2-4-6-11;/h2-6,8-12H,1H3;2-5,9H,7-8H2,1H3;/q2*-1;/i1D3,4D,5D,8D,11D;1D3;. The fraction of sp³-hybridized carbons (Fsp3) is 0.138. The fourth-order valence-corrected chi connectivity index (χ4v) is 3.74. The van der Waals surface area contributed by atoms with Gasteiger partial charge in [0.15, 0.2) is 0 Å². The Morgan fingerprint density at radius 3 is 2.68 bits per heavy atom. The van der Waals surface area contributed by atoms with Gasteiger partial charge in [0.25, 0.3) is 0 Å². The average molecular weight is 650 g/mol. The largest absolute Gasteiger partial charge is 0.309 e. The van der Waals surface area contributed by atoms with Crippen LogP contribution in [0, 0.1) is 19.0 Å². The Hall–Kier alpha value is -2.98. The molecule has 3 nitrogen and oxygen atoms in total. The van der Waals surface area contributed by atoms with Crippen LogP contribution in [0.25, 0.3) is 21.5 Å². The van der Waals surface area contributed by atoms with Crippen molar-refractivity contribution in [3.63, 3.8) is 0 Å². The van der Waals surface area contributed by atoms with Crippen LogP contribution < -0.4 is 0 Å². The minimum absolute atomic E-state index is 0. The van der Waals surface area contributed by atoms with Crippen LogP contribution in [-0.2, 0) is 20.1 Å². The molecular formula is C29H25IrN3S-2. The molecule has 0 bridgehead atoms. The number of hydrogen-bond acceptors (Lipinski definition) is 4. The molecule has 0 spiro atoms. The number of pyridine rings is 2. The van der Waals surface area contributed by atoms with Crippen molar-refractivity contribution >= 4 is 27.3 Å². The molecule has 1 aromatic carbocycles. The zero-order valence-corrected chi connectivity index (χ0v) is 21.1. The topological polar surface area (TPSA) is 38.1 Å². The predicted molar refractivity (Wildman–Crippen MR) is 139 cm³/mol. The number of hydrogen-bond donors (Lipinski definition) is 0. The molecule has 0 saturated carbocycles. The molecule has 0 amide bonds. The Kier molecular flexibility index (Phi) is 5.80. The summed E-state index contributed by atoms with van der Waals surface area (Å²) in [7, 11) is 0. The van der Waals surface area contributed by atoms with Gasteiger partial charge in [-0.25, -0.2) is 4.98 Å². The summed E-state index contributed by atoms with van der Waals surface area (Å²) in [4.78, 5) is 12.8. The van der Waals surface area contributed by atoms with Gasteiger partial charge in [0.1, 0.15) is 4.83 Å². The predicted octanol–water partition coefficient (Wildman–Crippen LogP) is 7.56. The number of benzene rings is 1. The van der Waals surface area contributed by atoms with Crippen LogP contribution in [0.5, 0.6) is 0 Å². The maximum atomic E-state index is 8.05. The van der Waals surface area contributed by atoms with Gasteiger partial charge in [0.2, 0.25) is 0 Å². The smallest absolute Gasteiger partial charge is 0.113 e. The molecule has 3 aromatic heterocycles. The maximum absolute atomic E-state index is 8.05. The molecule has 0 fully saturated rings. The normalized spacial score (nSPS) is 17.3. The van der Waals surface area contributed by atoms with Gasteiger partial charge in [-0.1, -0.05) is 35.2 Å². The maximum Gasteiger partial charge on any atom is 0.113 e. The zero-order chi connectivity index (χ0) is 31.4. The molecule has 4 aromatic rings. The van der Waals surface area contributed by atoms with Crippen molar-refractivity contribution in [1.29, 1.82) is 0 Å². The SMILES string of the molecule is [2H]C([2H])([2H])C1=CN=C(c2[c-]cccc2)CC1.[2H]c1nc(-c2[c-]cccc3ccc(C([2H])([2H])[2H])nc3sc2)c([2H])c([2H])c1[2H].[Ir]. The fourth-order valence-electron chi connectivity index (χ4n) is 2.91. The first kappa shape index (κ1) is 15.1. The van der Waals surface area contributed by atoms with Gasteiger partial charge in [-0.3, -0.25) is 0 Å². The first-order valence-corrected chi connectivity index (χ1v) is 11.0. The first-order chi connectivity index (χ1) is 20.3. The van der Waals surface area contributed by atoms with Gasteiger partial charge in [0, 0.05) is 51.8 Å². The molecule has 0 aliphatic carbocycles. The Morgan fingerprint density at radius 2 is 1.88 bits per heavy atom. The minimum Gasteiger partial charge on any atom is -0.309 e. The van der Waals surface area contributed by atoms with Crippen LogP contribution in [0.3, 0.4) is 0 Å². The van der Waals surface area contributed by atoms with Gasteiger partial charge < -0.3 is 9.98 Å². The molecule has 34 heavy (non-hydrogen) atoms. The van der Waals surface area contributed by atoms with Crippen molar-refractivity contribution in [3.05, 3.63) is 119 Å². The third-order valence-corrected chi connectivity index (χ3v) is 5.44. The van der Waals surface area contributed by atoms with E-state index in [1.165, 1.54) is 12.3 Å². The van der Waals surface area contributed by atoms with Crippen LogP contribution in [0.15, 0.2) is 101 Å². The van der Waals surface area contributed by atoms with Gasteiger partial charge in [0.05, 0.1) is 5.48 Å². The number of aliphatic imine (C=N–C) groups is 1. The average Bonchev–Trinajstić information content (AvgIpc) is 3.08. The molecule has 5 rings (SSSR count). The summed E-state index contributed by atoms with van der Waals surface area (Å²) in [5.41, 5.74) is 2.69. The first-order valence-electron chi connectivity index (χ1n) is 15.1. The van der Waals surface area contributed by atoms with Crippen LogP contribution in [0.4, 0.5) is 0 Å². The van der Waals surface area contributed by atoms with Crippen molar-refractivity contribution in [2.45, 2.75) is 26.5 Å². The van der Waals surface area contributed by atoms with E-state index in [0.29, 0.717) is 28.8 Å². The van der Waals surface area contributed by atoms with E-state index >= 15 is 0 Å².